The van der Waals surface area contributed by atoms with Gasteiger partial charge in [-0.1, -0.05) is 13.8 Å². The van der Waals surface area contributed by atoms with Crippen LogP contribution in [0.15, 0.2) is 18.2 Å². The third-order valence-electron chi connectivity index (χ3n) is 4.40. The largest absolute Gasteiger partial charge is 0.490 e. The number of carbonyl (C=O) groups is 2. The second kappa shape index (κ2) is 10.0. The molecule has 0 N–H and O–H groups in total. The quantitative estimate of drug-likeness (QED) is 0.663. The monoisotopic (exact) mass is 363 g/mol. The van der Waals surface area contributed by atoms with E-state index in [9.17, 15) is 9.59 Å². The Morgan fingerprint density at radius 1 is 1.12 bits per heavy atom. The van der Waals surface area contributed by atoms with Gasteiger partial charge in [-0.3, -0.25) is 4.79 Å². The number of esters is 1. The molecule has 1 aliphatic rings. The molecule has 1 fully saturated rings. The molecule has 1 amide bonds. The van der Waals surface area contributed by atoms with Crippen molar-refractivity contribution in [1.29, 1.82) is 0 Å². The van der Waals surface area contributed by atoms with Crippen LogP contribution >= 0.6 is 0 Å². The molecule has 0 atom stereocenters. The molecule has 0 radical (unpaired) electrons. The van der Waals surface area contributed by atoms with Crippen molar-refractivity contribution in [2.75, 3.05) is 32.9 Å². The summed E-state index contributed by atoms with van der Waals surface area (Å²) in [5.41, 5.74) is 0.345. The molecule has 6 nitrogen and oxygen atoms in total. The predicted octanol–water partition coefficient (Wildman–Crippen LogP) is 3.29. The minimum Gasteiger partial charge on any atom is -0.490 e. The van der Waals surface area contributed by atoms with Gasteiger partial charge in [0.1, 0.15) is 0 Å². The van der Waals surface area contributed by atoms with Crippen LogP contribution < -0.4 is 9.47 Å². The maximum absolute atomic E-state index is 12.3. The van der Waals surface area contributed by atoms with Crippen molar-refractivity contribution in [3.05, 3.63) is 23.8 Å². The fourth-order valence-corrected chi connectivity index (χ4v) is 2.79. The second-order valence-electron chi connectivity index (χ2n) is 6.58. The fourth-order valence-electron chi connectivity index (χ4n) is 2.79. The van der Waals surface area contributed by atoms with Gasteiger partial charge in [0.2, 0.25) is 0 Å². The molecule has 1 aromatic carbocycles. The number of amides is 1. The number of hydrogen-bond donors (Lipinski definition) is 0. The van der Waals surface area contributed by atoms with Crippen molar-refractivity contribution in [1.82, 2.24) is 4.90 Å². The number of hydrogen-bond acceptors (Lipinski definition) is 5. The average molecular weight is 363 g/mol. The Morgan fingerprint density at radius 2 is 1.85 bits per heavy atom. The molecule has 1 aromatic rings. The molecule has 2 rings (SSSR count). The zero-order valence-electron chi connectivity index (χ0n) is 16.0. The molecule has 26 heavy (non-hydrogen) atoms. The Morgan fingerprint density at radius 3 is 2.50 bits per heavy atom. The molecular weight excluding hydrogens is 334 g/mol. The molecule has 0 spiro atoms. The van der Waals surface area contributed by atoms with E-state index in [1.54, 1.807) is 23.1 Å². The molecule has 1 saturated heterocycles. The number of rotatable bonds is 8. The summed E-state index contributed by atoms with van der Waals surface area (Å²) in [6.07, 6.45) is 2.87. The fraction of sp³-hybridized carbons (Fsp3) is 0.600. The zero-order valence-corrected chi connectivity index (χ0v) is 16.0. The van der Waals surface area contributed by atoms with E-state index < -0.39 is 5.97 Å². The first-order valence-corrected chi connectivity index (χ1v) is 9.39. The van der Waals surface area contributed by atoms with E-state index in [1.807, 2.05) is 13.8 Å². The molecule has 0 unspecified atom stereocenters. The molecular formula is C20H29NO5. The van der Waals surface area contributed by atoms with E-state index in [0.717, 1.165) is 32.4 Å². The predicted molar refractivity (Wildman–Crippen MR) is 98.7 cm³/mol. The van der Waals surface area contributed by atoms with Crippen molar-refractivity contribution in [3.8, 4) is 11.5 Å². The highest BCUT2D eigenvalue weighted by Gasteiger charge is 2.22. The van der Waals surface area contributed by atoms with Gasteiger partial charge in [-0.2, -0.15) is 0 Å². The molecule has 6 heteroatoms. The Hall–Kier alpha value is -2.24. The summed E-state index contributed by atoms with van der Waals surface area (Å²) in [4.78, 5) is 26.2. The van der Waals surface area contributed by atoms with Crippen LogP contribution in [0.3, 0.4) is 0 Å². The highest BCUT2D eigenvalue weighted by Crippen LogP contribution is 2.29. The summed E-state index contributed by atoms with van der Waals surface area (Å²) in [5, 5.41) is 0. The van der Waals surface area contributed by atoms with Crippen LogP contribution in [0.4, 0.5) is 0 Å². The number of benzene rings is 1. The summed E-state index contributed by atoms with van der Waals surface area (Å²) in [5.74, 6) is 1.08. The van der Waals surface area contributed by atoms with Crippen molar-refractivity contribution in [2.45, 2.75) is 40.0 Å². The Bertz CT molecular complexity index is 608. The smallest absolute Gasteiger partial charge is 0.338 e. The summed E-state index contributed by atoms with van der Waals surface area (Å²) < 4.78 is 16.4. The first kappa shape index (κ1) is 20.1. The van der Waals surface area contributed by atoms with Crippen LogP contribution in [0.5, 0.6) is 11.5 Å². The number of likely N-dealkylation sites (tertiary alicyclic amines) is 1. The van der Waals surface area contributed by atoms with Crippen molar-refractivity contribution in [2.24, 2.45) is 5.92 Å². The van der Waals surface area contributed by atoms with Crippen LogP contribution in [-0.4, -0.2) is 49.7 Å². The minimum absolute atomic E-state index is 0.141. The van der Waals surface area contributed by atoms with E-state index >= 15 is 0 Å². The van der Waals surface area contributed by atoms with Gasteiger partial charge in [0.25, 0.3) is 5.91 Å². The van der Waals surface area contributed by atoms with Crippen LogP contribution in [0.2, 0.25) is 0 Å². The number of nitrogens with zero attached hydrogens (tertiary/aromatic N) is 1. The van der Waals surface area contributed by atoms with Gasteiger partial charge in [-0.05, 0) is 50.3 Å². The van der Waals surface area contributed by atoms with E-state index in [1.165, 1.54) is 0 Å². The molecule has 144 valence electrons. The second-order valence-corrected chi connectivity index (χ2v) is 6.58. The summed E-state index contributed by atoms with van der Waals surface area (Å²) >= 11 is 0. The van der Waals surface area contributed by atoms with E-state index in [4.69, 9.17) is 14.2 Å². The van der Waals surface area contributed by atoms with Crippen LogP contribution in [-0.2, 0) is 9.53 Å². The SMILES string of the molecule is CCCOc1ccc(C(=O)OCC(=O)N2CCC(C)CC2)cc1OCC. The summed E-state index contributed by atoms with van der Waals surface area (Å²) in [6, 6.07) is 4.93. The lowest BCUT2D eigenvalue weighted by Crippen LogP contribution is -2.40. The highest BCUT2D eigenvalue weighted by molar-refractivity contribution is 5.92. The Labute approximate surface area is 155 Å². The van der Waals surface area contributed by atoms with Crippen LogP contribution in [0.25, 0.3) is 0 Å². The van der Waals surface area contributed by atoms with E-state index in [-0.39, 0.29) is 12.5 Å². The molecule has 0 saturated carbocycles. The van der Waals surface area contributed by atoms with Gasteiger partial charge in [0.05, 0.1) is 18.8 Å². The molecule has 0 aromatic heterocycles. The van der Waals surface area contributed by atoms with Gasteiger partial charge in [-0.25, -0.2) is 4.79 Å². The molecule has 0 bridgehead atoms. The lowest BCUT2D eigenvalue weighted by molar-refractivity contribution is -0.135. The number of piperidine rings is 1. The average Bonchev–Trinajstić information content (AvgIpc) is 2.65. The van der Waals surface area contributed by atoms with Gasteiger partial charge < -0.3 is 19.1 Å². The molecule has 0 aliphatic carbocycles. The third-order valence-corrected chi connectivity index (χ3v) is 4.40. The van der Waals surface area contributed by atoms with Crippen molar-refractivity contribution in [3.63, 3.8) is 0 Å². The van der Waals surface area contributed by atoms with Gasteiger partial charge in [0.15, 0.2) is 18.1 Å². The van der Waals surface area contributed by atoms with Gasteiger partial charge >= 0.3 is 5.97 Å². The lowest BCUT2D eigenvalue weighted by Gasteiger charge is -2.30. The maximum Gasteiger partial charge on any atom is 0.338 e. The number of ether oxygens (including phenoxy) is 3. The van der Waals surface area contributed by atoms with Gasteiger partial charge in [0, 0.05) is 13.1 Å². The Kier molecular flexibility index (Phi) is 7.75. The summed E-state index contributed by atoms with van der Waals surface area (Å²) in [6.45, 7) is 8.35. The van der Waals surface area contributed by atoms with E-state index in [0.29, 0.717) is 36.2 Å². The normalized spacial score (nSPS) is 14.8. The zero-order chi connectivity index (χ0) is 18.9. The van der Waals surface area contributed by atoms with Gasteiger partial charge in [-0.15, -0.1) is 0 Å². The number of carbonyl (C=O) groups excluding carboxylic acids is 2. The van der Waals surface area contributed by atoms with Crippen molar-refractivity contribution < 1.29 is 23.8 Å². The topological polar surface area (TPSA) is 65.1 Å². The molecule has 1 heterocycles. The van der Waals surface area contributed by atoms with E-state index in [2.05, 4.69) is 6.92 Å². The first-order valence-electron chi connectivity index (χ1n) is 9.39. The maximum atomic E-state index is 12.3. The Balaban J connectivity index is 1.93. The van der Waals surface area contributed by atoms with Crippen molar-refractivity contribution >= 4 is 11.9 Å². The lowest BCUT2D eigenvalue weighted by atomic mass is 9.99. The standard InChI is InChI=1S/C20H29NO5/c1-4-12-25-17-7-6-16(13-18(17)24-5-2)20(23)26-14-19(22)21-10-8-15(3)9-11-21/h6-7,13,15H,4-5,8-12,14H2,1-3H3. The third kappa shape index (κ3) is 5.64. The van der Waals surface area contributed by atoms with Crippen LogP contribution in [0, 0.1) is 5.92 Å². The minimum atomic E-state index is -0.535. The summed E-state index contributed by atoms with van der Waals surface area (Å²) in [7, 11) is 0. The van der Waals surface area contributed by atoms with Crippen LogP contribution in [0.1, 0.15) is 50.4 Å². The first-order chi connectivity index (χ1) is 12.5. The highest BCUT2D eigenvalue weighted by atomic mass is 16.5. The molecule has 1 aliphatic heterocycles.